The summed E-state index contributed by atoms with van der Waals surface area (Å²) in [6.45, 7) is 6.84. The van der Waals surface area contributed by atoms with Crippen LogP contribution < -0.4 is 11.1 Å². The molecule has 0 saturated carbocycles. The molecule has 1 atom stereocenters. The van der Waals surface area contributed by atoms with E-state index in [9.17, 15) is 5.11 Å². The van der Waals surface area contributed by atoms with Crippen LogP contribution in [0.15, 0.2) is 41.5 Å². The standard InChI is InChI=1S/C14H22N4O.HI/c1-11(2)8-17-14(15)18-9-12(10-19)7-13-5-3-4-6-16-13;/h3-6,12,19H,1,7-10H2,2H3,(H3,15,17,18);1H. The molecule has 4 N–H and O–H groups in total. The molecule has 0 amide bonds. The monoisotopic (exact) mass is 390 g/mol. The van der Waals surface area contributed by atoms with Crippen LogP contribution in [0.5, 0.6) is 0 Å². The number of aromatic nitrogens is 1. The third-order valence-corrected chi connectivity index (χ3v) is 2.57. The summed E-state index contributed by atoms with van der Waals surface area (Å²) >= 11 is 0. The average molecular weight is 390 g/mol. The molecule has 0 spiro atoms. The van der Waals surface area contributed by atoms with E-state index in [4.69, 9.17) is 5.73 Å². The van der Waals surface area contributed by atoms with Crippen LogP contribution in [0.1, 0.15) is 12.6 Å². The van der Waals surface area contributed by atoms with Gasteiger partial charge in [0.05, 0.1) is 0 Å². The lowest BCUT2D eigenvalue weighted by Gasteiger charge is -2.12. The summed E-state index contributed by atoms with van der Waals surface area (Å²) in [4.78, 5) is 8.45. The van der Waals surface area contributed by atoms with Crippen LogP contribution in [0.25, 0.3) is 0 Å². The maximum atomic E-state index is 9.35. The van der Waals surface area contributed by atoms with Crippen molar-refractivity contribution in [3.8, 4) is 0 Å². The summed E-state index contributed by atoms with van der Waals surface area (Å²) in [5, 5.41) is 12.3. The SMILES string of the molecule is C=C(C)CNC(N)=NCC(CO)Cc1ccccn1.I. The van der Waals surface area contributed by atoms with Crippen molar-refractivity contribution in [3.05, 3.63) is 42.2 Å². The molecule has 0 bridgehead atoms. The topological polar surface area (TPSA) is 83.5 Å². The number of nitrogens with two attached hydrogens (primary N) is 1. The molecule has 0 radical (unpaired) electrons. The van der Waals surface area contributed by atoms with Gasteiger partial charge in [0.25, 0.3) is 0 Å². The zero-order valence-electron chi connectivity index (χ0n) is 11.7. The largest absolute Gasteiger partial charge is 0.396 e. The van der Waals surface area contributed by atoms with Gasteiger partial charge in [-0.2, -0.15) is 0 Å². The van der Waals surface area contributed by atoms with Gasteiger partial charge in [0, 0.05) is 37.5 Å². The number of nitrogens with one attached hydrogen (secondary N) is 1. The molecule has 0 aromatic carbocycles. The van der Waals surface area contributed by atoms with Gasteiger partial charge in [-0.05, 0) is 25.5 Å². The molecule has 0 aliphatic heterocycles. The number of pyridine rings is 1. The Morgan fingerprint density at radius 2 is 2.30 bits per heavy atom. The molecule has 1 unspecified atom stereocenters. The number of halogens is 1. The number of aliphatic hydroxyl groups excluding tert-OH is 1. The predicted molar refractivity (Wildman–Crippen MR) is 93.2 cm³/mol. The van der Waals surface area contributed by atoms with Crippen molar-refractivity contribution in [2.24, 2.45) is 16.6 Å². The molecule has 1 rings (SSSR count). The molecular weight excluding hydrogens is 367 g/mol. The number of hydrogen-bond donors (Lipinski definition) is 3. The minimum atomic E-state index is 0. The fourth-order valence-corrected chi connectivity index (χ4v) is 1.53. The summed E-state index contributed by atoms with van der Waals surface area (Å²) in [5.41, 5.74) is 7.66. The van der Waals surface area contributed by atoms with E-state index in [1.807, 2.05) is 25.1 Å². The molecule has 20 heavy (non-hydrogen) atoms. The van der Waals surface area contributed by atoms with Crippen molar-refractivity contribution in [1.29, 1.82) is 0 Å². The molecule has 1 aromatic rings. The first-order chi connectivity index (χ1) is 9.11. The Labute approximate surface area is 137 Å². The predicted octanol–water partition coefficient (Wildman–Crippen LogP) is 1.33. The quantitative estimate of drug-likeness (QED) is 0.284. The Morgan fingerprint density at radius 1 is 1.55 bits per heavy atom. The van der Waals surface area contributed by atoms with Gasteiger partial charge in [0.1, 0.15) is 0 Å². The van der Waals surface area contributed by atoms with Gasteiger partial charge in [0.2, 0.25) is 0 Å². The van der Waals surface area contributed by atoms with E-state index in [2.05, 4.69) is 21.9 Å². The third-order valence-electron chi connectivity index (χ3n) is 2.57. The fourth-order valence-electron chi connectivity index (χ4n) is 1.53. The zero-order valence-corrected chi connectivity index (χ0v) is 14.1. The summed E-state index contributed by atoms with van der Waals surface area (Å²) in [5.74, 6) is 0.405. The second-order valence-electron chi connectivity index (χ2n) is 4.61. The van der Waals surface area contributed by atoms with Crippen molar-refractivity contribution in [2.75, 3.05) is 19.7 Å². The highest BCUT2D eigenvalue weighted by molar-refractivity contribution is 14.0. The molecule has 0 fully saturated rings. The van der Waals surface area contributed by atoms with Crippen LogP contribution in [0, 0.1) is 5.92 Å². The molecule has 112 valence electrons. The minimum absolute atomic E-state index is 0. The van der Waals surface area contributed by atoms with E-state index in [-0.39, 0.29) is 36.5 Å². The van der Waals surface area contributed by atoms with E-state index < -0.39 is 0 Å². The molecule has 1 aromatic heterocycles. The molecule has 0 saturated heterocycles. The van der Waals surface area contributed by atoms with Gasteiger partial charge in [-0.15, -0.1) is 24.0 Å². The lowest BCUT2D eigenvalue weighted by atomic mass is 10.0. The molecule has 6 heteroatoms. The molecule has 0 aliphatic carbocycles. The summed E-state index contributed by atoms with van der Waals surface area (Å²) in [6.07, 6.45) is 2.43. The molecule has 1 heterocycles. The lowest BCUT2D eigenvalue weighted by Crippen LogP contribution is -2.33. The molecule has 0 aliphatic rings. The van der Waals surface area contributed by atoms with E-state index in [0.717, 1.165) is 11.3 Å². The number of aliphatic imine (C=N–C) groups is 1. The first-order valence-electron chi connectivity index (χ1n) is 6.30. The lowest BCUT2D eigenvalue weighted by molar-refractivity contribution is 0.229. The second-order valence-corrected chi connectivity index (χ2v) is 4.61. The van der Waals surface area contributed by atoms with Crippen molar-refractivity contribution >= 4 is 29.9 Å². The van der Waals surface area contributed by atoms with Gasteiger partial charge in [-0.25, -0.2) is 0 Å². The highest BCUT2D eigenvalue weighted by Crippen LogP contribution is 2.06. The number of rotatable bonds is 7. The number of nitrogens with zero attached hydrogens (tertiary/aromatic N) is 2. The van der Waals surface area contributed by atoms with Crippen LogP contribution in [0.2, 0.25) is 0 Å². The first kappa shape index (κ1) is 18.9. The molecular formula is C14H23IN4O. The van der Waals surface area contributed by atoms with Crippen LogP contribution in [-0.2, 0) is 6.42 Å². The highest BCUT2D eigenvalue weighted by Gasteiger charge is 2.08. The van der Waals surface area contributed by atoms with Crippen molar-refractivity contribution in [2.45, 2.75) is 13.3 Å². The Kier molecular flexibility index (Phi) is 10.0. The number of guanidine groups is 1. The van der Waals surface area contributed by atoms with Gasteiger partial charge >= 0.3 is 0 Å². The van der Waals surface area contributed by atoms with Crippen molar-refractivity contribution in [3.63, 3.8) is 0 Å². The summed E-state index contributed by atoms with van der Waals surface area (Å²) in [7, 11) is 0. The smallest absolute Gasteiger partial charge is 0.188 e. The van der Waals surface area contributed by atoms with E-state index in [1.165, 1.54) is 0 Å². The Balaban J connectivity index is 0.00000361. The zero-order chi connectivity index (χ0) is 14.1. The van der Waals surface area contributed by atoms with E-state index in [1.54, 1.807) is 6.20 Å². The Morgan fingerprint density at radius 3 is 2.85 bits per heavy atom. The molecule has 5 nitrogen and oxygen atoms in total. The van der Waals surface area contributed by atoms with Crippen LogP contribution in [0.3, 0.4) is 0 Å². The van der Waals surface area contributed by atoms with Crippen molar-refractivity contribution < 1.29 is 5.11 Å². The number of hydrogen-bond acceptors (Lipinski definition) is 3. The van der Waals surface area contributed by atoms with Gasteiger partial charge in [0.15, 0.2) is 5.96 Å². The summed E-state index contributed by atoms with van der Waals surface area (Å²) < 4.78 is 0. The normalized spacial score (nSPS) is 12.4. The van der Waals surface area contributed by atoms with E-state index >= 15 is 0 Å². The maximum absolute atomic E-state index is 9.35. The average Bonchev–Trinajstić information content (AvgIpc) is 2.42. The first-order valence-corrected chi connectivity index (χ1v) is 6.30. The van der Waals surface area contributed by atoms with E-state index in [0.29, 0.717) is 25.5 Å². The van der Waals surface area contributed by atoms with Gasteiger partial charge in [-0.1, -0.05) is 18.2 Å². The minimum Gasteiger partial charge on any atom is -0.396 e. The number of aliphatic hydroxyl groups is 1. The third kappa shape index (κ3) is 8.11. The van der Waals surface area contributed by atoms with Gasteiger partial charge < -0.3 is 16.2 Å². The summed E-state index contributed by atoms with van der Waals surface area (Å²) in [6, 6.07) is 5.74. The second kappa shape index (κ2) is 10.6. The van der Waals surface area contributed by atoms with Gasteiger partial charge in [-0.3, -0.25) is 9.98 Å². The van der Waals surface area contributed by atoms with Crippen LogP contribution in [-0.4, -0.2) is 35.7 Å². The Bertz CT molecular complexity index is 422. The fraction of sp³-hybridized carbons (Fsp3) is 0.429. The van der Waals surface area contributed by atoms with Crippen LogP contribution >= 0.6 is 24.0 Å². The maximum Gasteiger partial charge on any atom is 0.188 e. The van der Waals surface area contributed by atoms with Crippen molar-refractivity contribution in [1.82, 2.24) is 10.3 Å². The Hall–Kier alpha value is -1.15. The highest BCUT2D eigenvalue weighted by atomic mass is 127. The van der Waals surface area contributed by atoms with Crippen LogP contribution in [0.4, 0.5) is 0 Å².